The maximum absolute atomic E-state index is 13.6. The molecule has 1 fully saturated rings. The first-order chi connectivity index (χ1) is 22.5. The number of carbonyl (C=O) groups excluding carboxylic acids is 2. The van der Waals surface area contributed by atoms with E-state index in [1.54, 1.807) is 31.2 Å². The Bertz CT molecular complexity index is 1800. The van der Waals surface area contributed by atoms with Crippen LogP contribution in [0.4, 0.5) is 23.2 Å². The number of carbonyl (C=O) groups is 2. The SMILES string of the molecule is CCS(=O)(=O)NCCCc1ccc(N2C(=O)[C@H](CC[C@H](OC(C)=O)c3ccc(F)cc3)[C@H]2c2ccc(OS(=O)(=O)C(F)(F)F)cc2)cc1. The minimum atomic E-state index is -5.89. The predicted molar refractivity (Wildman–Crippen MR) is 168 cm³/mol. The van der Waals surface area contributed by atoms with Crippen molar-refractivity contribution in [2.45, 2.75) is 57.2 Å². The van der Waals surface area contributed by atoms with E-state index in [9.17, 15) is 44.0 Å². The Hall–Kier alpha value is -4.02. The quantitative estimate of drug-likeness (QED) is 0.0528. The van der Waals surface area contributed by atoms with Gasteiger partial charge >= 0.3 is 21.6 Å². The number of sulfonamides is 1. The highest BCUT2D eigenvalue weighted by molar-refractivity contribution is 7.89. The van der Waals surface area contributed by atoms with E-state index in [4.69, 9.17) is 4.74 Å². The zero-order valence-electron chi connectivity index (χ0n) is 25.9. The molecular formula is C32H34F4N2O8S2. The average Bonchev–Trinajstić information content (AvgIpc) is 3.02. The molecule has 16 heteroatoms. The van der Waals surface area contributed by atoms with Crippen LogP contribution in [0.2, 0.25) is 0 Å². The summed E-state index contributed by atoms with van der Waals surface area (Å²) in [4.78, 5) is 27.0. The molecule has 0 bridgehead atoms. The lowest BCUT2D eigenvalue weighted by molar-refractivity contribution is -0.147. The molecule has 1 aliphatic rings. The van der Waals surface area contributed by atoms with E-state index in [1.807, 2.05) is 0 Å². The Kier molecular flexibility index (Phi) is 11.5. The van der Waals surface area contributed by atoms with Crippen LogP contribution < -0.4 is 13.8 Å². The van der Waals surface area contributed by atoms with Crippen molar-refractivity contribution in [2.75, 3.05) is 17.2 Å². The summed E-state index contributed by atoms with van der Waals surface area (Å²) in [7, 11) is -9.20. The molecule has 0 spiro atoms. The van der Waals surface area contributed by atoms with Gasteiger partial charge in [0, 0.05) is 19.2 Å². The summed E-state index contributed by atoms with van der Waals surface area (Å²) in [5, 5.41) is 0. The second-order valence-electron chi connectivity index (χ2n) is 11.1. The number of alkyl halides is 3. The number of nitrogens with one attached hydrogen (secondary N) is 1. The third-order valence-electron chi connectivity index (χ3n) is 7.77. The number of hydrogen-bond acceptors (Lipinski definition) is 8. The number of benzene rings is 3. The molecule has 3 atom stereocenters. The van der Waals surface area contributed by atoms with E-state index in [0.29, 0.717) is 29.7 Å². The van der Waals surface area contributed by atoms with E-state index in [2.05, 4.69) is 8.91 Å². The number of ether oxygens (including phenoxy) is 1. The molecule has 260 valence electrons. The molecule has 0 unspecified atom stereocenters. The lowest BCUT2D eigenvalue weighted by atomic mass is 9.78. The molecule has 1 amide bonds. The Morgan fingerprint density at radius 3 is 2.15 bits per heavy atom. The smallest absolute Gasteiger partial charge is 0.458 e. The van der Waals surface area contributed by atoms with Gasteiger partial charge in [-0.3, -0.25) is 9.59 Å². The standard InChI is InChI=1S/C32H34F4N2O8S2/c1-3-47(41,42)37-20-4-5-22-6-14-26(15-7-22)38-30(24-10-16-27(17-11-24)46-48(43,44)32(34,35)36)28(31(38)40)18-19-29(45-21(2)39)23-8-12-25(33)13-9-23/h6-17,28-30,37H,3-5,18-20H2,1-2H3/t28-,29+,30-/m1/s1. The third-order valence-corrected chi connectivity index (χ3v) is 10.2. The molecule has 0 saturated carbocycles. The number of aryl methyl sites for hydroxylation is 1. The van der Waals surface area contributed by atoms with E-state index >= 15 is 0 Å². The van der Waals surface area contributed by atoms with Gasteiger partial charge in [0.2, 0.25) is 15.9 Å². The highest BCUT2D eigenvalue weighted by Gasteiger charge is 2.50. The Balaban J connectivity index is 1.56. The fourth-order valence-corrected chi connectivity index (χ4v) is 6.46. The Morgan fingerprint density at radius 1 is 0.958 bits per heavy atom. The van der Waals surface area contributed by atoms with Gasteiger partial charge in [-0.15, -0.1) is 0 Å². The van der Waals surface area contributed by atoms with Crippen LogP contribution in [0.15, 0.2) is 72.8 Å². The van der Waals surface area contributed by atoms with Crippen LogP contribution in [-0.2, 0) is 40.9 Å². The molecule has 1 N–H and O–H groups in total. The van der Waals surface area contributed by atoms with Crippen molar-refractivity contribution >= 4 is 37.7 Å². The number of halogens is 4. The van der Waals surface area contributed by atoms with Crippen molar-refractivity contribution < 1.29 is 52.9 Å². The topological polar surface area (TPSA) is 136 Å². The summed E-state index contributed by atoms with van der Waals surface area (Å²) < 4.78 is 110. The van der Waals surface area contributed by atoms with Crippen molar-refractivity contribution in [3.63, 3.8) is 0 Å². The Labute approximate surface area is 276 Å². The highest BCUT2D eigenvalue weighted by Crippen LogP contribution is 2.47. The van der Waals surface area contributed by atoms with Crippen LogP contribution in [0.25, 0.3) is 0 Å². The summed E-state index contributed by atoms with van der Waals surface area (Å²) in [6, 6.07) is 16.7. The van der Waals surface area contributed by atoms with Gasteiger partial charge in [-0.25, -0.2) is 17.5 Å². The molecule has 1 heterocycles. The lowest BCUT2D eigenvalue weighted by Crippen LogP contribution is -2.55. The second-order valence-corrected chi connectivity index (χ2v) is 14.7. The third kappa shape index (κ3) is 9.11. The normalized spacial score (nSPS) is 17.5. The molecule has 1 saturated heterocycles. The fraction of sp³-hybridized carbons (Fsp3) is 0.375. The van der Waals surface area contributed by atoms with E-state index < -0.39 is 61.2 Å². The van der Waals surface area contributed by atoms with Gasteiger partial charge in [0.25, 0.3) is 0 Å². The first-order valence-corrected chi connectivity index (χ1v) is 18.0. The van der Waals surface area contributed by atoms with Gasteiger partial charge in [-0.2, -0.15) is 21.6 Å². The van der Waals surface area contributed by atoms with Crippen LogP contribution in [0.1, 0.15) is 61.9 Å². The van der Waals surface area contributed by atoms with Crippen LogP contribution in [0.5, 0.6) is 5.75 Å². The largest absolute Gasteiger partial charge is 0.534 e. The monoisotopic (exact) mass is 714 g/mol. The molecule has 4 rings (SSSR count). The maximum Gasteiger partial charge on any atom is 0.534 e. The van der Waals surface area contributed by atoms with Crippen molar-refractivity contribution in [3.05, 3.63) is 95.3 Å². The molecule has 3 aromatic carbocycles. The fourth-order valence-electron chi connectivity index (χ4n) is 5.34. The van der Waals surface area contributed by atoms with Crippen molar-refractivity contribution in [1.29, 1.82) is 0 Å². The van der Waals surface area contributed by atoms with Crippen LogP contribution in [0.3, 0.4) is 0 Å². The van der Waals surface area contributed by atoms with Gasteiger partial charge < -0.3 is 13.8 Å². The minimum Gasteiger partial charge on any atom is -0.458 e. The van der Waals surface area contributed by atoms with E-state index in [-0.39, 0.29) is 31.0 Å². The summed E-state index contributed by atoms with van der Waals surface area (Å²) in [6.07, 6.45) is 0.729. The van der Waals surface area contributed by atoms with E-state index in [1.165, 1.54) is 48.2 Å². The van der Waals surface area contributed by atoms with Gasteiger partial charge in [0.05, 0.1) is 17.7 Å². The summed E-state index contributed by atoms with van der Waals surface area (Å²) in [5.74, 6) is -2.58. The molecule has 48 heavy (non-hydrogen) atoms. The number of esters is 1. The second kappa shape index (κ2) is 15.0. The number of amides is 1. The zero-order valence-corrected chi connectivity index (χ0v) is 27.6. The predicted octanol–water partition coefficient (Wildman–Crippen LogP) is 5.71. The Morgan fingerprint density at radius 2 is 1.58 bits per heavy atom. The van der Waals surface area contributed by atoms with Gasteiger partial charge in [0.1, 0.15) is 17.7 Å². The van der Waals surface area contributed by atoms with E-state index in [0.717, 1.165) is 17.7 Å². The minimum absolute atomic E-state index is 0.0211. The van der Waals surface area contributed by atoms with Crippen LogP contribution >= 0.6 is 0 Å². The molecule has 0 aliphatic carbocycles. The lowest BCUT2D eigenvalue weighted by Gasteiger charge is -2.48. The summed E-state index contributed by atoms with van der Waals surface area (Å²) in [6.45, 7) is 3.04. The van der Waals surface area contributed by atoms with Crippen molar-refractivity contribution in [1.82, 2.24) is 4.72 Å². The molecular weight excluding hydrogens is 680 g/mol. The number of nitrogens with zero attached hydrogens (tertiary/aromatic N) is 1. The number of β-lactam (4-membered cyclic amide) rings is 1. The van der Waals surface area contributed by atoms with Crippen LogP contribution in [-0.4, -0.2) is 46.5 Å². The molecule has 0 aromatic heterocycles. The molecule has 10 nitrogen and oxygen atoms in total. The molecule has 3 aromatic rings. The summed E-state index contributed by atoms with van der Waals surface area (Å²) in [5.41, 5.74) is -3.20. The van der Waals surface area contributed by atoms with Gasteiger partial charge in [-0.1, -0.05) is 36.4 Å². The zero-order chi connectivity index (χ0) is 35.3. The van der Waals surface area contributed by atoms with Crippen molar-refractivity contribution in [2.24, 2.45) is 5.92 Å². The first-order valence-electron chi connectivity index (χ1n) is 14.9. The average molecular weight is 715 g/mol. The maximum atomic E-state index is 13.6. The molecule has 1 aliphatic heterocycles. The van der Waals surface area contributed by atoms with Crippen LogP contribution in [0, 0.1) is 11.7 Å². The first kappa shape index (κ1) is 36.8. The number of rotatable bonds is 15. The number of hydrogen-bond donors (Lipinski definition) is 1. The highest BCUT2D eigenvalue weighted by atomic mass is 32.2. The van der Waals surface area contributed by atoms with Gasteiger partial charge in [-0.05, 0) is 85.7 Å². The van der Waals surface area contributed by atoms with Gasteiger partial charge in [0.15, 0.2) is 0 Å². The number of anilines is 1. The molecule has 0 radical (unpaired) electrons. The summed E-state index contributed by atoms with van der Waals surface area (Å²) >= 11 is 0. The van der Waals surface area contributed by atoms with Crippen molar-refractivity contribution in [3.8, 4) is 5.75 Å².